The third-order valence-corrected chi connectivity index (χ3v) is 1.92. The Hall–Kier alpha value is -1.06. The van der Waals surface area contributed by atoms with E-state index in [0.717, 1.165) is 25.7 Å². The highest BCUT2D eigenvalue weighted by atomic mass is 16.4. The van der Waals surface area contributed by atoms with Crippen LogP contribution in [0.1, 0.15) is 45.4 Å². The highest BCUT2D eigenvalue weighted by Gasteiger charge is 2.01. The maximum absolute atomic E-state index is 11.1. The van der Waals surface area contributed by atoms with Gasteiger partial charge in [-0.1, -0.05) is 26.2 Å². The molecule has 0 bridgehead atoms. The minimum absolute atomic E-state index is 0.000694. The van der Waals surface area contributed by atoms with Gasteiger partial charge in [0.25, 0.3) is 0 Å². The lowest BCUT2D eigenvalue weighted by Gasteiger charge is -2.02. The molecule has 0 saturated heterocycles. The number of unbranched alkanes of at least 4 members (excludes halogenated alkanes) is 3. The summed E-state index contributed by atoms with van der Waals surface area (Å²) in [7, 11) is 0. The molecule has 0 atom stereocenters. The minimum atomic E-state index is -0.878. The van der Waals surface area contributed by atoms with Crippen molar-refractivity contribution in [3.63, 3.8) is 0 Å². The Bertz CT molecular complexity index is 180. The second-order valence-electron chi connectivity index (χ2n) is 3.30. The number of carboxylic acid groups (broad SMARTS) is 1. The van der Waals surface area contributed by atoms with E-state index in [4.69, 9.17) is 5.11 Å². The van der Waals surface area contributed by atoms with Crippen LogP contribution in [-0.2, 0) is 9.59 Å². The van der Waals surface area contributed by atoms with Gasteiger partial charge in [-0.25, -0.2) is 0 Å². The molecule has 14 heavy (non-hydrogen) atoms. The molecule has 0 saturated carbocycles. The number of hydrogen-bond donors (Lipinski definition) is 2. The van der Waals surface area contributed by atoms with Crippen molar-refractivity contribution in [2.24, 2.45) is 0 Å². The number of carbonyl (C=O) groups excluding carboxylic acids is 1. The lowest BCUT2D eigenvalue weighted by molar-refractivity contribution is -0.136. The molecular weight excluding hydrogens is 182 g/mol. The summed E-state index contributed by atoms with van der Waals surface area (Å²) in [5.74, 6) is -0.918. The fraction of sp³-hybridized carbons (Fsp3) is 0.800. The molecule has 0 radical (unpaired) electrons. The molecule has 2 N–H and O–H groups in total. The Morgan fingerprint density at radius 1 is 1.14 bits per heavy atom. The highest BCUT2D eigenvalue weighted by molar-refractivity contribution is 5.76. The first kappa shape index (κ1) is 12.9. The second-order valence-corrected chi connectivity index (χ2v) is 3.30. The van der Waals surface area contributed by atoms with Crippen molar-refractivity contribution < 1.29 is 14.7 Å². The van der Waals surface area contributed by atoms with Crippen molar-refractivity contribution in [1.82, 2.24) is 5.32 Å². The fourth-order valence-corrected chi connectivity index (χ4v) is 1.11. The summed E-state index contributed by atoms with van der Waals surface area (Å²) in [5, 5.41) is 10.9. The molecule has 0 aliphatic rings. The summed E-state index contributed by atoms with van der Waals surface area (Å²) in [6, 6.07) is 0. The van der Waals surface area contributed by atoms with Crippen LogP contribution >= 0.6 is 0 Å². The van der Waals surface area contributed by atoms with Gasteiger partial charge in [-0.15, -0.1) is 0 Å². The SMILES string of the molecule is CCCCCCC(=O)NCCC(=O)O. The number of rotatable bonds is 8. The van der Waals surface area contributed by atoms with Crippen molar-refractivity contribution in [2.75, 3.05) is 6.54 Å². The first-order valence-corrected chi connectivity index (χ1v) is 5.15. The number of hydrogen-bond acceptors (Lipinski definition) is 2. The maximum Gasteiger partial charge on any atom is 0.305 e. The first-order chi connectivity index (χ1) is 6.66. The molecule has 82 valence electrons. The van der Waals surface area contributed by atoms with Crippen molar-refractivity contribution in [1.29, 1.82) is 0 Å². The average Bonchev–Trinajstić information content (AvgIpc) is 2.12. The Balaban J connectivity index is 3.24. The van der Waals surface area contributed by atoms with E-state index >= 15 is 0 Å². The molecule has 0 aromatic rings. The van der Waals surface area contributed by atoms with Crippen LogP contribution in [0.3, 0.4) is 0 Å². The second kappa shape index (κ2) is 8.53. The van der Waals surface area contributed by atoms with Gasteiger partial charge in [0.05, 0.1) is 6.42 Å². The number of amides is 1. The molecule has 4 nitrogen and oxygen atoms in total. The predicted molar refractivity (Wildman–Crippen MR) is 54.0 cm³/mol. The van der Waals surface area contributed by atoms with Crippen LogP contribution in [0.2, 0.25) is 0 Å². The molecule has 0 aromatic carbocycles. The van der Waals surface area contributed by atoms with Crippen LogP contribution in [0.5, 0.6) is 0 Å². The first-order valence-electron chi connectivity index (χ1n) is 5.15. The molecule has 0 aromatic heterocycles. The van der Waals surface area contributed by atoms with Gasteiger partial charge in [-0.3, -0.25) is 9.59 Å². The van der Waals surface area contributed by atoms with E-state index in [1.54, 1.807) is 0 Å². The molecule has 0 aliphatic heterocycles. The van der Waals surface area contributed by atoms with E-state index in [-0.39, 0.29) is 18.9 Å². The summed E-state index contributed by atoms with van der Waals surface area (Å²) in [5.41, 5.74) is 0. The molecule has 0 heterocycles. The normalized spacial score (nSPS) is 9.79. The van der Waals surface area contributed by atoms with E-state index in [1.165, 1.54) is 0 Å². The highest BCUT2D eigenvalue weighted by Crippen LogP contribution is 2.01. The van der Waals surface area contributed by atoms with Crippen molar-refractivity contribution in [3.8, 4) is 0 Å². The largest absolute Gasteiger partial charge is 0.481 e. The van der Waals surface area contributed by atoms with Gasteiger partial charge in [0.2, 0.25) is 5.91 Å². The van der Waals surface area contributed by atoms with E-state index in [0.29, 0.717) is 6.42 Å². The van der Waals surface area contributed by atoms with E-state index in [9.17, 15) is 9.59 Å². The third kappa shape index (κ3) is 9.03. The number of aliphatic carboxylic acids is 1. The summed E-state index contributed by atoms with van der Waals surface area (Å²) in [6.07, 6.45) is 4.79. The Morgan fingerprint density at radius 2 is 1.86 bits per heavy atom. The van der Waals surface area contributed by atoms with Crippen LogP contribution < -0.4 is 5.32 Å². The fourth-order valence-electron chi connectivity index (χ4n) is 1.11. The Morgan fingerprint density at radius 3 is 2.43 bits per heavy atom. The third-order valence-electron chi connectivity index (χ3n) is 1.92. The topological polar surface area (TPSA) is 66.4 Å². The van der Waals surface area contributed by atoms with Crippen LogP contribution in [0.15, 0.2) is 0 Å². The monoisotopic (exact) mass is 201 g/mol. The summed E-state index contributed by atoms with van der Waals surface area (Å²) < 4.78 is 0. The zero-order chi connectivity index (χ0) is 10.8. The van der Waals surface area contributed by atoms with E-state index in [2.05, 4.69) is 12.2 Å². The minimum Gasteiger partial charge on any atom is -0.481 e. The molecule has 0 aliphatic carbocycles. The van der Waals surface area contributed by atoms with Crippen molar-refractivity contribution in [2.45, 2.75) is 45.4 Å². The van der Waals surface area contributed by atoms with Crippen molar-refractivity contribution >= 4 is 11.9 Å². The zero-order valence-corrected chi connectivity index (χ0v) is 8.71. The molecule has 0 unspecified atom stereocenters. The summed E-state index contributed by atoms with van der Waals surface area (Å²) in [4.78, 5) is 21.2. The average molecular weight is 201 g/mol. The van der Waals surface area contributed by atoms with Crippen LogP contribution in [0.25, 0.3) is 0 Å². The Kier molecular flexibility index (Phi) is 7.89. The van der Waals surface area contributed by atoms with Crippen LogP contribution in [0, 0.1) is 0 Å². The van der Waals surface area contributed by atoms with E-state index < -0.39 is 5.97 Å². The molecule has 1 amide bonds. The van der Waals surface area contributed by atoms with Gasteiger partial charge in [-0.05, 0) is 6.42 Å². The number of nitrogens with one attached hydrogen (secondary N) is 1. The van der Waals surface area contributed by atoms with Gasteiger partial charge < -0.3 is 10.4 Å². The smallest absolute Gasteiger partial charge is 0.305 e. The van der Waals surface area contributed by atoms with Gasteiger partial charge >= 0.3 is 5.97 Å². The molecule has 0 rings (SSSR count). The lowest BCUT2D eigenvalue weighted by Crippen LogP contribution is -2.25. The van der Waals surface area contributed by atoms with E-state index in [1.807, 2.05) is 0 Å². The maximum atomic E-state index is 11.1. The molecule has 0 spiro atoms. The molecular formula is C10H19NO3. The van der Waals surface area contributed by atoms with Crippen LogP contribution in [0.4, 0.5) is 0 Å². The lowest BCUT2D eigenvalue weighted by atomic mass is 10.1. The molecule has 0 fully saturated rings. The van der Waals surface area contributed by atoms with Gasteiger partial charge in [0.15, 0.2) is 0 Å². The van der Waals surface area contributed by atoms with Gasteiger partial charge in [0.1, 0.15) is 0 Å². The van der Waals surface area contributed by atoms with Gasteiger partial charge in [-0.2, -0.15) is 0 Å². The zero-order valence-electron chi connectivity index (χ0n) is 8.71. The quantitative estimate of drug-likeness (QED) is 0.585. The number of carbonyl (C=O) groups is 2. The number of carboxylic acids is 1. The Labute approximate surface area is 84.7 Å². The summed E-state index contributed by atoms with van der Waals surface area (Å²) in [6.45, 7) is 2.36. The molecule has 4 heteroatoms. The van der Waals surface area contributed by atoms with Crippen LogP contribution in [-0.4, -0.2) is 23.5 Å². The van der Waals surface area contributed by atoms with Gasteiger partial charge in [0, 0.05) is 13.0 Å². The predicted octanol–water partition coefficient (Wildman–Crippen LogP) is 1.55. The standard InChI is InChI=1S/C10H19NO3/c1-2-3-4-5-6-9(12)11-8-7-10(13)14/h2-8H2,1H3,(H,11,12)(H,13,14). The van der Waals surface area contributed by atoms with Crippen molar-refractivity contribution in [3.05, 3.63) is 0 Å². The summed E-state index contributed by atoms with van der Waals surface area (Å²) >= 11 is 0.